The number of hydrogen-bond acceptors (Lipinski definition) is 4. The summed E-state index contributed by atoms with van der Waals surface area (Å²) >= 11 is 0. The summed E-state index contributed by atoms with van der Waals surface area (Å²) in [5.41, 5.74) is 3.46. The standard InChI is InChI=1S/C15H11N3.C2H3N.Pt/c1-3-10-16-12(6-1)14-8-5-9-15(18-14)13-7-2-4-11-17-13;1-2-3;/h1-11H;1H3;. The van der Waals surface area contributed by atoms with Crippen molar-refractivity contribution in [3.05, 3.63) is 67.0 Å². The summed E-state index contributed by atoms with van der Waals surface area (Å²) in [5, 5.41) is 7.32. The van der Waals surface area contributed by atoms with Gasteiger partial charge in [-0.2, -0.15) is 5.26 Å². The van der Waals surface area contributed by atoms with Gasteiger partial charge in [0, 0.05) is 40.4 Å². The summed E-state index contributed by atoms with van der Waals surface area (Å²) < 4.78 is 0. The van der Waals surface area contributed by atoms with Crippen molar-refractivity contribution >= 4 is 0 Å². The fraction of sp³-hybridized carbons (Fsp3) is 0.0588. The fourth-order valence-electron chi connectivity index (χ4n) is 1.75. The molecule has 0 amide bonds. The Labute approximate surface area is 144 Å². The van der Waals surface area contributed by atoms with Gasteiger partial charge in [0.2, 0.25) is 0 Å². The smallest absolute Gasteiger partial charge is 0.0894 e. The first-order chi connectivity index (χ1) is 10.3. The topological polar surface area (TPSA) is 62.5 Å². The first-order valence-corrected chi connectivity index (χ1v) is 6.46. The normalized spacial score (nSPS) is 8.73. The SMILES string of the molecule is CC#N.[Pt].c1ccc(-c2cccc(-c3ccccn3)n2)nc1. The Kier molecular flexibility index (Phi) is 7.67. The van der Waals surface area contributed by atoms with Gasteiger partial charge in [-0.1, -0.05) is 18.2 Å². The van der Waals surface area contributed by atoms with E-state index in [2.05, 4.69) is 15.0 Å². The van der Waals surface area contributed by atoms with E-state index in [1.165, 1.54) is 6.92 Å². The van der Waals surface area contributed by atoms with E-state index in [0.29, 0.717) is 0 Å². The molecule has 0 aromatic carbocycles. The molecular weight excluding hydrogens is 455 g/mol. The van der Waals surface area contributed by atoms with E-state index < -0.39 is 0 Å². The number of nitrogens with zero attached hydrogens (tertiary/aromatic N) is 4. The Morgan fingerprint density at radius 3 is 1.50 bits per heavy atom. The van der Waals surface area contributed by atoms with E-state index in [9.17, 15) is 0 Å². The fourth-order valence-corrected chi connectivity index (χ4v) is 1.75. The van der Waals surface area contributed by atoms with Gasteiger partial charge in [-0.05, 0) is 36.4 Å². The van der Waals surface area contributed by atoms with Crippen molar-refractivity contribution < 1.29 is 21.1 Å². The maximum Gasteiger partial charge on any atom is 0.0894 e. The molecule has 0 bridgehead atoms. The van der Waals surface area contributed by atoms with Crippen LogP contribution in [0, 0.1) is 11.3 Å². The van der Waals surface area contributed by atoms with Crippen molar-refractivity contribution in [3.63, 3.8) is 0 Å². The summed E-state index contributed by atoms with van der Waals surface area (Å²) in [7, 11) is 0. The maximum absolute atomic E-state index is 7.32. The molecule has 3 aromatic heterocycles. The van der Waals surface area contributed by atoms with Crippen molar-refractivity contribution in [3.8, 4) is 28.8 Å². The van der Waals surface area contributed by atoms with Crippen molar-refractivity contribution in [2.45, 2.75) is 6.92 Å². The second kappa shape index (κ2) is 9.54. The summed E-state index contributed by atoms with van der Waals surface area (Å²) in [4.78, 5) is 13.2. The Balaban J connectivity index is 0.000000562. The average molecular weight is 469 g/mol. The molecule has 0 saturated heterocycles. The van der Waals surface area contributed by atoms with Crippen LogP contribution < -0.4 is 0 Å². The molecule has 0 aliphatic carbocycles. The zero-order valence-corrected chi connectivity index (χ0v) is 14.2. The first kappa shape index (κ1) is 17.7. The Hall–Kier alpha value is -2.37. The minimum absolute atomic E-state index is 0. The van der Waals surface area contributed by atoms with Gasteiger partial charge in [0.15, 0.2) is 0 Å². The molecule has 22 heavy (non-hydrogen) atoms. The van der Waals surface area contributed by atoms with E-state index in [1.54, 1.807) is 18.5 Å². The van der Waals surface area contributed by atoms with Gasteiger partial charge in [0.1, 0.15) is 0 Å². The third-order valence-corrected chi connectivity index (χ3v) is 2.60. The first-order valence-electron chi connectivity index (χ1n) is 6.46. The van der Waals surface area contributed by atoms with Crippen LogP contribution in [0.3, 0.4) is 0 Å². The van der Waals surface area contributed by atoms with Crippen LogP contribution in [0.2, 0.25) is 0 Å². The van der Waals surface area contributed by atoms with Gasteiger partial charge >= 0.3 is 0 Å². The molecule has 0 N–H and O–H groups in total. The quantitative estimate of drug-likeness (QED) is 0.574. The molecule has 3 aromatic rings. The molecule has 0 spiro atoms. The molecule has 3 rings (SSSR count). The number of nitriles is 1. The van der Waals surface area contributed by atoms with Crippen LogP contribution in [-0.4, -0.2) is 15.0 Å². The molecule has 0 aliphatic heterocycles. The van der Waals surface area contributed by atoms with Crippen LogP contribution in [-0.2, 0) is 21.1 Å². The Morgan fingerprint density at radius 2 is 1.14 bits per heavy atom. The van der Waals surface area contributed by atoms with Gasteiger partial charge in [-0.15, -0.1) is 0 Å². The van der Waals surface area contributed by atoms with Gasteiger partial charge < -0.3 is 0 Å². The molecule has 0 saturated carbocycles. The van der Waals surface area contributed by atoms with Crippen LogP contribution in [0.4, 0.5) is 0 Å². The van der Waals surface area contributed by atoms with Gasteiger partial charge in [-0.3, -0.25) is 9.97 Å². The summed E-state index contributed by atoms with van der Waals surface area (Å²) in [6.45, 7) is 1.43. The van der Waals surface area contributed by atoms with E-state index in [-0.39, 0.29) is 21.1 Å². The van der Waals surface area contributed by atoms with E-state index in [0.717, 1.165) is 22.8 Å². The zero-order valence-electron chi connectivity index (χ0n) is 12.0. The molecule has 4 nitrogen and oxygen atoms in total. The van der Waals surface area contributed by atoms with Crippen LogP contribution in [0.1, 0.15) is 6.92 Å². The summed E-state index contributed by atoms with van der Waals surface area (Å²) in [6, 6.07) is 19.2. The van der Waals surface area contributed by atoms with E-state index in [4.69, 9.17) is 5.26 Å². The Bertz CT molecular complexity index is 670. The van der Waals surface area contributed by atoms with Crippen LogP contribution >= 0.6 is 0 Å². The maximum atomic E-state index is 7.32. The third kappa shape index (κ3) is 4.87. The van der Waals surface area contributed by atoms with E-state index in [1.807, 2.05) is 54.6 Å². The largest absolute Gasteiger partial charge is 0.255 e. The summed E-state index contributed by atoms with van der Waals surface area (Å²) in [5.74, 6) is 0. The van der Waals surface area contributed by atoms with Crippen molar-refractivity contribution in [1.29, 1.82) is 5.26 Å². The molecule has 5 heteroatoms. The number of pyridine rings is 3. The van der Waals surface area contributed by atoms with Crippen LogP contribution in [0.25, 0.3) is 22.8 Å². The molecule has 0 fully saturated rings. The van der Waals surface area contributed by atoms with Crippen molar-refractivity contribution in [2.24, 2.45) is 0 Å². The van der Waals surface area contributed by atoms with Crippen molar-refractivity contribution in [1.82, 2.24) is 15.0 Å². The summed E-state index contributed by atoms with van der Waals surface area (Å²) in [6.07, 6.45) is 3.54. The molecule has 0 radical (unpaired) electrons. The number of hydrogen-bond donors (Lipinski definition) is 0. The predicted molar refractivity (Wildman–Crippen MR) is 82.0 cm³/mol. The molecule has 3 heterocycles. The zero-order chi connectivity index (χ0) is 14.9. The minimum atomic E-state index is 0. The monoisotopic (exact) mass is 469 g/mol. The average Bonchev–Trinajstić information content (AvgIpc) is 2.57. The molecule has 0 aliphatic rings. The number of aromatic nitrogens is 3. The molecular formula is C17H14N4Pt. The van der Waals surface area contributed by atoms with Gasteiger partial charge in [0.05, 0.1) is 28.8 Å². The van der Waals surface area contributed by atoms with Crippen LogP contribution in [0.5, 0.6) is 0 Å². The minimum Gasteiger partial charge on any atom is -0.255 e. The number of rotatable bonds is 2. The second-order valence-corrected chi connectivity index (χ2v) is 4.06. The van der Waals surface area contributed by atoms with Crippen molar-refractivity contribution in [2.75, 3.05) is 0 Å². The molecule has 0 unspecified atom stereocenters. The van der Waals surface area contributed by atoms with Crippen LogP contribution in [0.15, 0.2) is 67.0 Å². The van der Waals surface area contributed by atoms with Gasteiger partial charge in [-0.25, -0.2) is 4.98 Å². The predicted octanol–water partition coefficient (Wildman–Crippen LogP) is 3.73. The second-order valence-electron chi connectivity index (χ2n) is 4.06. The van der Waals surface area contributed by atoms with Gasteiger partial charge in [0.25, 0.3) is 0 Å². The van der Waals surface area contributed by atoms with E-state index >= 15 is 0 Å². The Morgan fingerprint density at radius 1 is 0.727 bits per heavy atom. The molecule has 0 atom stereocenters. The third-order valence-electron chi connectivity index (χ3n) is 2.60. The molecule has 112 valence electrons.